The zero-order chi connectivity index (χ0) is 17.5. The molecule has 1 heterocycles. The van der Waals surface area contributed by atoms with Crippen molar-refractivity contribution in [3.8, 4) is 0 Å². The second kappa shape index (κ2) is 8.19. The number of carbonyl (C=O) groups excluding carboxylic acids is 1. The van der Waals surface area contributed by atoms with E-state index in [4.69, 9.17) is 4.84 Å². The molecular formula is C19H22N4O2. The summed E-state index contributed by atoms with van der Waals surface area (Å²) in [5.41, 5.74) is 1.60. The second-order valence-electron chi connectivity index (χ2n) is 5.77. The summed E-state index contributed by atoms with van der Waals surface area (Å²) in [4.78, 5) is 17.8. The number of anilines is 2. The summed E-state index contributed by atoms with van der Waals surface area (Å²) in [5, 5.41) is 12.5. The van der Waals surface area contributed by atoms with E-state index in [1.807, 2.05) is 54.6 Å². The zero-order valence-corrected chi connectivity index (χ0v) is 14.2. The van der Waals surface area contributed by atoms with E-state index in [0.717, 1.165) is 30.2 Å². The second-order valence-corrected chi connectivity index (χ2v) is 5.77. The van der Waals surface area contributed by atoms with Crippen molar-refractivity contribution in [2.24, 2.45) is 0 Å². The van der Waals surface area contributed by atoms with Crippen molar-refractivity contribution >= 4 is 28.5 Å². The van der Waals surface area contributed by atoms with Crippen LogP contribution < -0.4 is 10.4 Å². The summed E-state index contributed by atoms with van der Waals surface area (Å²) >= 11 is 0. The number of hydrogen-bond acceptors (Lipinski definition) is 4. The Kier molecular flexibility index (Phi) is 5.51. The highest BCUT2D eigenvalue weighted by Crippen LogP contribution is 2.24. The van der Waals surface area contributed by atoms with Crippen LogP contribution in [0.1, 0.15) is 26.2 Å². The molecule has 0 radical (unpaired) electrons. The van der Waals surface area contributed by atoms with E-state index in [-0.39, 0.29) is 0 Å². The van der Waals surface area contributed by atoms with Crippen molar-refractivity contribution in [2.45, 2.75) is 26.2 Å². The fourth-order valence-electron chi connectivity index (χ4n) is 2.60. The van der Waals surface area contributed by atoms with Crippen LogP contribution in [0.3, 0.4) is 0 Å². The van der Waals surface area contributed by atoms with E-state index in [1.54, 1.807) is 5.06 Å². The number of nitrogens with zero attached hydrogens (tertiary/aromatic N) is 2. The molecule has 25 heavy (non-hydrogen) atoms. The fourth-order valence-corrected chi connectivity index (χ4v) is 2.60. The highest BCUT2D eigenvalue weighted by molar-refractivity contribution is 5.91. The van der Waals surface area contributed by atoms with Crippen LogP contribution in [0, 0.1) is 0 Å². The first-order chi connectivity index (χ1) is 12.3. The maximum atomic E-state index is 12.3. The van der Waals surface area contributed by atoms with E-state index in [1.165, 1.54) is 0 Å². The highest BCUT2D eigenvalue weighted by Gasteiger charge is 2.18. The Morgan fingerprint density at radius 1 is 1.12 bits per heavy atom. The van der Waals surface area contributed by atoms with Gasteiger partial charge in [0.2, 0.25) is 0 Å². The minimum absolute atomic E-state index is 0.533. The van der Waals surface area contributed by atoms with Crippen LogP contribution in [0.4, 0.5) is 16.3 Å². The number of amides is 1. The SMILES string of the molecule is CCCCCN(OC(=O)Nc1ccccc1)c1n[nH]c2ccccc12. The number of aromatic amines is 1. The van der Waals surface area contributed by atoms with Gasteiger partial charge in [-0.2, -0.15) is 10.2 Å². The van der Waals surface area contributed by atoms with Crippen LogP contribution >= 0.6 is 0 Å². The third-order valence-electron chi connectivity index (χ3n) is 3.86. The lowest BCUT2D eigenvalue weighted by Crippen LogP contribution is -2.31. The lowest BCUT2D eigenvalue weighted by molar-refractivity contribution is 0.146. The monoisotopic (exact) mass is 338 g/mol. The Labute approximate surface area is 146 Å². The number of H-pyrrole nitrogens is 1. The standard InChI is InChI=1S/C19H22N4O2/c1-2-3-9-14-23(18-16-12-7-8-13-17(16)21-22-18)25-19(24)20-15-10-5-4-6-11-15/h4-8,10-13H,2-3,9,14H2,1H3,(H,20,24)(H,21,22). The quantitative estimate of drug-likeness (QED) is 0.483. The fraction of sp³-hybridized carbons (Fsp3) is 0.263. The van der Waals surface area contributed by atoms with Gasteiger partial charge in [-0.1, -0.05) is 50.1 Å². The van der Waals surface area contributed by atoms with E-state index in [0.29, 0.717) is 18.1 Å². The molecule has 6 heteroatoms. The van der Waals surface area contributed by atoms with Gasteiger partial charge in [-0.15, -0.1) is 0 Å². The smallest absolute Gasteiger partial charge is 0.320 e. The molecule has 1 amide bonds. The van der Waals surface area contributed by atoms with Crippen molar-refractivity contribution in [1.82, 2.24) is 10.2 Å². The van der Waals surface area contributed by atoms with Gasteiger partial charge in [-0.05, 0) is 30.7 Å². The zero-order valence-electron chi connectivity index (χ0n) is 14.2. The molecule has 0 atom stereocenters. The number of fused-ring (bicyclic) bond motifs is 1. The van der Waals surface area contributed by atoms with E-state index >= 15 is 0 Å². The molecule has 2 aromatic carbocycles. The number of carbonyl (C=O) groups is 1. The molecule has 0 bridgehead atoms. The van der Waals surface area contributed by atoms with Crippen molar-refractivity contribution in [3.05, 3.63) is 54.6 Å². The lowest BCUT2D eigenvalue weighted by Gasteiger charge is -2.21. The van der Waals surface area contributed by atoms with E-state index in [9.17, 15) is 4.79 Å². The van der Waals surface area contributed by atoms with Gasteiger partial charge in [-0.3, -0.25) is 10.4 Å². The number of hydroxylamine groups is 1. The van der Waals surface area contributed by atoms with E-state index < -0.39 is 6.09 Å². The molecule has 130 valence electrons. The molecule has 0 saturated heterocycles. The molecular weight excluding hydrogens is 316 g/mol. The van der Waals surface area contributed by atoms with Crippen LogP contribution in [-0.2, 0) is 4.84 Å². The topological polar surface area (TPSA) is 70.2 Å². The number of benzene rings is 2. The number of rotatable bonds is 7. The summed E-state index contributed by atoms with van der Waals surface area (Å²) in [7, 11) is 0. The molecule has 0 aliphatic rings. The van der Waals surface area contributed by atoms with Gasteiger partial charge in [0, 0.05) is 11.1 Å². The van der Waals surface area contributed by atoms with Crippen molar-refractivity contribution in [1.29, 1.82) is 0 Å². The van der Waals surface area contributed by atoms with Crippen LogP contribution in [0.15, 0.2) is 54.6 Å². The molecule has 2 N–H and O–H groups in total. The highest BCUT2D eigenvalue weighted by atomic mass is 16.7. The normalized spacial score (nSPS) is 10.6. The van der Waals surface area contributed by atoms with Crippen molar-refractivity contribution in [2.75, 3.05) is 16.9 Å². The van der Waals surface area contributed by atoms with Gasteiger partial charge in [0.25, 0.3) is 0 Å². The van der Waals surface area contributed by atoms with Crippen molar-refractivity contribution in [3.63, 3.8) is 0 Å². The first-order valence-electron chi connectivity index (χ1n) is 8.52. The van der Waals surface area contributed by atoms with Crippen molar-refractivity contribution < 1.29 is 9.63 Å². The van der Waals surface area contributed by atoms with Crippen LogP contribution in [0.25, 0.3) is 10.9 Å². The maximum Gasteiger partial charge on any atom is 0.436 e. The molecule has 0 aliphatic carbocycles. The number of nitrogens with one attached hydrogen (secondary N) is 2. The third kappa shape index (κ3) is 4.29. The summed E-state index contributed by atoms with van der Waals surface area (Å²) in [6, 6.07) is 17.0. The Morgan fingerprint density at radius 2 is 1.88 bits per heavy atom. The number of aromatic nitrogens is 2. The summed E-state index contributed by atoms with van der Waals surface area (Å²) < 4.78 is 0. The Balaban J connectivity index is 1.76. The number of unbranched alkanes of at least 4 members (excludes halogenated alkanes) is 2. The molecule has 3 aromatic rings. The van der Waals surface area contributed by atoms with Gasteiger partial charge in [0.05, 0.1) is 12.1 Å². The predicted molar refractivity (Wildman–Crippen MR) is 99.5 cm³/mol. The summed E-state index contributed by atoms with van der Waals surface area (Å²) in [6.45, 7) is 2.72. The molecule has 3 rings (SSSR count). The van der Waals surface area contributed by atoms with E-state index in [2.05, 4.69) is 22.4 Å². The molecule has 0 fully saturated rings. The summed E-state index contributed by atoms with van der Waals surface area (Å²) in [6.07, 6.45) is 2.53. The third-order valence-corrected chi connectivity index (χ3v) is 3.86. The van der Waals surface area contributed by atoms with Gasteiger partial charge in [0.15, 0.2) is 5.82 Å². The van der Waals surface area contributed by atoms with Crippen LogP contribution in [0.5, 0.6) is 0 Å². The molecule has 0 spiro atoms. The Bertz CT molecular complexity index is 816. The minimum atomic E-state index is -0.533. The summed E-state index contributed by atoms with van der Waals surface area (Å²) in [5.74, 6) is 0.620. The van der Waals surface area contributed by atoms with Gasteiger partial charge < -0.3 is 4.84 Å². The number of hydrogen-bond donors (Lipinski definition) is 2. The predicted octanol–water partition coefficient (Wildman–Crippen LogP) is 4.72. The maximum absolute atomic E-state index is 12.3. The first kappa shape index (κ1) is 16.8. The molecule has 0 saturated carbocycles. The minimum Gasteiger partial charge on any atom is -0.320 e. The molecule has 1 aromatic heterocycles. The first-order valence-corrected chi connectivity index (χ1v) is 8.52. The molecule has 6 nitrogen and oxygen atoms in total. The Morgan fingerprint density at radius 3 is 2.68 bits per heavy atom. The van der Waals surface area contributed by atoms with Crippen LogP contribution in [0.2, 0.25) is 0 Å². The molecule has 0 unspecified atom stereocenters. The average molecular weight is 338 g/mol. The Hall–Kier alpha value is -3.02. The number of para-hydroxylation sites is 2. The van der Waals surface area contributed by atoms with Gasteiger partial charge >= 0.3 is 6.09 Å². The lowest BCUT2D eigenvalue weighted by atomic mass is 10.2. The largest absolute Gasteiger partial charge is 0.436 e. The van der Waals surface area contributed by atoms with Crippen LogP contribution in [-0.4, -0.2) is 22.8 Å². The van der Waals surface area contributed by atoms with Gasteiger partial charge in [0.1, 0.15) is 0 Å². The van der Waals surface area contributed by atoms with Gasteiger partial charge in [-0.25, -0.2) is 4.79 Å². The molecule has 0 aliphatic heterocycles. The average Bonchev–Trinajstić information content (AvgIpc) is 3.06.